The molecule has 0 aliphatic heterocycles. The Kier molecular flexibility index (Phi) is 3.44. The molecular formula is C9H16O4. The second kappa shape index (κ2) is 4.19. The molecule has 0 saturated heterocycles. The lowest BCUT2D eigenvalue weighted by Gasteiger charge is -2.30. The summed E-state index contributed by atoms with van der Waals surface area (Å²) in [7, 11) is 0. The van der Waals surface area contributed by atoms with Gasteiger partial charge in [-0.15, -0.1) is 0 Å². The molecule has 0 fully saturated rings. The highest BCUT2D eigenvalue weighted by molar-refractivity contribution is 5.14. The smallest absolute Gasteiger partial charge is 0.101 e. The lowest BCUT2D eigenvalue weighted by atomic mass is 9.84. The molecule has 0 spiro atoms. The molecule has 0 aromatic carbocycles. The van der Waals surface area contributed by atoms with Crippen LogP contribution in [0.3, 0.4) is 0 Å². The van der Waals surface area contributed by atoms with Gasteiger partial charge in [-0.25, -0.2) is 0 Å². The van der Waals surface area contributed by atoms with Crippen LogP contribution in [0.2, 0.25) is 0 Å². The van der Waals surface area contributed by atoms with Crippen molar-refractivity contribution < 1.29 is 20.4 Å². The number of hydrogen-bond donors (Lipinski definition) is 4. The quantitative estimate of drug-likeness (QED) is 0.420. The first-order chi connectivity index (χ1) is 6.06. The summed E-state index contributed by atoms with van der Waals surface area (Å²) in [6, 6.07) is 0. The fraction of sp³-hybridized carbons (Fsp3) is 0.778. The molecule has 13 heavy (non-hydrogen) atoms. The van der Waals surface area contributed by atoms with Crippen LogP contribution in [-0.2, 0) is 0 Å². The van der Waals surface area contributed by atoms with Crippen molar-refractivity contribution in [2.45, 2.75) is 31.7 Å². The molecule has 1 rings (SSSR count). The van der Waals surface area contributed by atoms with Gasteiger partial charge >= 0.3 is 0 Å². The first kappa shape index (κ1) is 10.7. The zero-order valence-electron chi connectivity index (χ0n) is 7.59. The normalized spacial score (nSPS) is 37.0. The van der Waals surface area contributed by atoms with Gasteiger partial charge < -0.3 is 20.4 Å². The van der Waals surface area contributed by atoms with Crippen molar-refractivity contribution >= 4 is 0 Å². The van der Waals surface area contributed by atoms with E-state index in [1.54, 1.807) is 13.0 Å². The lowest BCUT2D eigenvalue weighted by molar-refractivity contribution is -0.0104. The van der Waals surface area contributed by atoms with Gasteiger partial charge in [-0.2, -0.15) is 0 Å². The number of aliphatic hydroxyl groups excluding tert-OH is 4. The summed E-state index contributed by atoms with van der Waals surface area (Å²) in [6.45, 7) is 1.38. The van der Waals surface area contributed by atoms with Crippen molar-refractivity contribution in [3.05, 3.63) is 11.6 Å². The van der Waals surface area contributed by atoms with E-state index in [9.17, 15) is 15.3 Å². The Morgan fingerprint density at radius 1 is 1.54 bits per heavy atom. The monoisotopic (exact) mass is 188 g/mol. The van der Waals surface area contributed by atoms with E-state index < -0.39 is 18.3 Å². The fourth-order valence-corrected chi connectivity index (χ4v) is 1.62. The van der Waals surface area contributed by atoms with Crippen LogP contribution in [0.15, 0.2) is 11.6 Å². The van der Waals surface area contributed by atoms with Gasteiger partial charge in [0, 0.05) is 5.92 Å². The minimum absolute atomic E-state index is 0.261. The number of aliphatic hydroxyl groups is 4. The molecule has 0 bridgehead atoms. The zero-order valence-corrected chi connectivity index (χ0v) is 7.59. The van der Waals surface area contributed by atoms with Crippen LogP contribution in [0.5, 0.6) is 0 Å². The van der Waals surface area contributed by atoms with Crippen molar-refractivity contribution in [3.8, 4) is 0 Å². The maximum Gasteiger partial charge on any atom is 0.101 e. The van der Waals surface area contributed by atoms with Gasteiger partial charge in [0.2, 0.25) is 0 Å². The van der Waals surface area contributed by atoms with Gasteiger partial charge in [0.25, 0.3) is 0 Å². The molecule has 0 amide bonds. The Hall–Kier alpha value is -0.420. The van der Waals surface area contributed by atoms with E-state index in [4.69, 9.17) is 5.11 Å². The molecule has 0 heterocycles. The highest BCUT2D eigenvalue weighted by atomic mass is 16.3. The highest BCUT2D eigenvalue weighted by Crippen LogP contribution is 2.25. The van der Waals surface area contributed by atoms with E-state index in [1.165, 1.54) is 0 Å². The molecule has 4 heteroatoms. The first-order valence-corrected chi connectivity index (χ1v) is 4.39. The van der Waals surface area contributed by atoms with E-state index >= 15 is 0 Å². The van der Waals surface area contributed by atoms with Gasteiger partial charge in [0.05, 0.1) is 18.8 Å². The highest BCUT2D eigenvalue weighted by Gasteiger charge is 2.30. The average molecular weight is 188 g/mol. The molecule has 4 unspecified atom stereocenters. The molecule has 76 valence electrons. The van der Waals surface area contributed by atoms with Gasteiger partial charge in [-0.3, -0.25) is 0 Å². The molecule has 1 aliphatic carbocycles. The summed E-state index contributed by atoms with van der Waals surface area (Å²) in [5, 5.41) is 36.8. The van der Waals surface area contributed by atoms with Crippen LogP contribution in [0, 0.1) is 5.92 Å². The number of hydrogen-bond acceptors (Lipinski definition) is 4. The van der Waals surface area contributed by atoms with Crippen molar-refractivity contribution in [3.63, 3.8) is 0 Å². The average Bonchev–Trinajstić information content (AvgIpc) is 2.12. The van der Waals surface area contributed by atoms with E-state index in [0.29, 0.717) is 12.0 Å². The molecule has 0 saturated carbocycles. The van der Waals surface area contributed by atoms with Crippen LogP contribution in [0.25, 0.3) is 0 Å². The molecule has 1 aliphatic rings. The Labute approximate surface area is 77.1 Å². The van der Waals surface area contributed by atoms with Crippen LogP contribution >= 0.6 is 0 Å². The predicted molar refractivity (Wildman–Crippen MR) is 47.0 cm³/mol. The minimum atomic E-state index is -0.850. The summed E-state index contributed by atoms with van der Waals surface area (Å²) in [5.74, 6) is -0.261. The second-order valence-corrected chi connectivity index (χ2v) is 3.57. The SMILES string of the molecule is CC1=CC(C(O)CO)CC(O)C1O. The Bertz CT molecular complexity index is 202. The van der Waals surface area contributed by atoms with E-state index in [-0.39, 0.29) is 12.5 Å². The zero-order chi connectivity index (χ0) is 10.0. The van der Waals surface area contributed by atoms with Crippen molar-refractivity contribution in [2.24, 2.45) is 5.92 Å². The summed E-state index contributed by atoms with van der Waals surface area (Å²) in [6.07, 6.45) is -0.520. The van der Waals surface area contributed by atoms with E-state index in [1.807, 2.05) is 0 Å². The molecule has 0 radical (unpaired) electrons. The third-order valence-electron chi connectivity index (χ3n) is 2.50. The van der Waals surface area contributed by atoms with Crippen LogP contribution in [0.1, 0.15) is 13.3 Å². The lowest BCUT2D eigenvalue weighted by Crippen LogP contribution is -2.37. The van der Waals surface area contributed by atoms with E-state index in [0.717, 1.165) is 0 Å². The van der Waals surface area contributed by atoms with Gasteiger partial charge in [0.15, 0.2) is 0 Å². The Morgan fingerprint density at radius 2 is 2.15 bits per heavy atom. The Balaban J connectivity index is 2.71. The van der Waals surface area contributed by atoms with Gasteiger partial charge in [-0.05, 0) is 18.9 Å². The molecular weight excluding hydrogens is 172 g/mol. The Morgan fingerprint density at radius 3 is 2.62 bits per heavy atom. The first-order valence-electron chi connectivity index (χ1n) is 4.39. The summed E-state index contributed by atoms with van der Waals surface area (Å²) < 4.78 is 0. The fourth-order valence-electron chi connectivity index (χ4n) is 1.62. The van der Waals surface area contributed by atoms with Crippen molar-refractivity contribution in [2.75, 3.05) is 6.61 Å². The topological polar surface area (TPSA) is 80.9 Å². The summed E-state index contributed by atoms with van der Waals surface area (Å²) in [5.41, 5.74) is 0.649. The molecule has 4 N–H and O–H groups in total. The standard InChI is InChI=1S/C9H16O4/c1-5-2-6(8(12)4-10)3-7(11)9(5)13/h2,6-13H,3-4H2,1H3. The van der Waals surface area contributed by atoms with Crippen molar-refractivity contribution in [1.82, 2.24) is 0 Å². The third kappa shape index (κ3) is 2.28. The largest absolute Gasteiger partial charge is 0.394 e. The van der Waals surface area contributed by atoms with Gasteiger partial charge in [-0.1, -0.05) is 6.08 Å². The maximum atomic E-state index is 9.38. The number of rotatable bonds is 2. The van der Waals surface area contributed by atoms with E-state index in [2.05, 4.69) is 0 Å². The third-order valence-corrected chi connectivity index (χ3v) is 2.50. The molecule has 4 atom stereocenters. The van der Waals surface area contributed by atoms with Gasteiger partial charge in [0.1, 0.15) is 6.10 Å². The molecule has 4 nitrogen and oxygen atoms in total. The molecule has 0 aromatic rings. The maximum absolute atomic E-state index is 9.38. The minimum Gasteiger partial charge on any atom is -0.394 e. The summed E-state index contributed by atoms with van der Waals surface area (Å²) in [4.78, 5) is 0. The second-order valence-electron chi connectivity index (χ2n) is 3.57. The summed E-state index contributed by atoms with van der Waals surface area (Å²) >= 11 is 0. The van der Waals surface area contributed by atoms with Crippen LogP contribution < -0.4 is 0 Å². The molecule has 0 aromatic heterocycles. The van der Waals surface area contributed by atoms with Crippen molar-refractivity contribution in [1.29, 1.82) is 0 Å². The van der Waals surface area contributed by atoms with Crippen LogP contribution in [0.4, 0.5) is 0 Å². The predicted octanol–water partition coefficient (Wildman–Crippen LogP) is -0.972. The van der Waals surface area contributed by atoms with Crippen LogP contribution in [-0.4, -0.2) is 45.3 Å².